The fourth-order valence-electron chi connectivity index (χ4n) is 3.20. The normalized spacial score (nSPS) is 42.8. The van der Waals surface area contributed by atoms with Gasteiger partial charge in [-0.2, -0.15) is 0 Å². The molecule has 4 heteroatoms. The molecule has 1 saturated carbocycles. The monoisotopic (exact) mass is 220 g/mol. The van der Waals surface area contributed by atoms with E-state index in [4.69, 9.17) is 0 Å². The molecule has 0 spiro atoms. The number of hydrogen-bond acceptors (Lipinski definition) is 4. The quantitative estimate of drug-likeness (QED) is 0.433. The second kappa shape index (κ2) is 3.79. The Balaban J connectivity index is 1.95. The van der Waals surface area contributed by atoms with Crippen molar-refractivity contribution in [3.05, 3.63) is 12.2 Å². The minimum Gasteiger partial charge on any atom is -0.312 e. The molecule has 2 N–H and O–H groups in total. The standard InChI is InChI=1S/C12H16N2O2/c15-11-7-3-1-5-13-9(7)10-8(12(11)16)4-2-6-14-10/h1,3,7-10,13-14H,2,4-6H2. The SMILES string of the molecule is O=C1C(=O)C2CCCNC2C2NCC=CC12. The summed E-state index contributed by atoms with van der Waals surface area (Å²) in [6.45, 7) is 1.75. The van der Waals surface area contributed by atoms with Crippen LogP contribution in [-0.4, -0.2) is 36.7 Å². The first-order valence-corrected chi connectivity index (χ1v) is 6.00. The summed E-state index contributed by atoms with van der Waals surface area (Å²) < 4.78 is 0. The summed E-state index contributed by atoms with van der Waals surface area (Å²) in [5.74, 6) is -0.695. The summed E-state index contributed by atoms with van der Waals surface area (Å²) in [6.07, 6.45) is 5.69. The predicted octanol–water partition coefficient (Wildman–Crippen LogP) is -0.349. The van der Waals surface area contributed by atoms with E-state index in [2.05, 4.69) is 10.6 Å². The van der Waals surface area contributed by atoms with Gasteiger partial charge in [-0.3, -0.25) is 9.59 Å². The predicted molar refractivity (Wildman–Crippen MR) is 58.9 cm³/mol. The van der Waals surface area contributed by atoms with Gasteiger partial charge < -0.3 is 10.6 Å². The molecule has 86 valence electrons. The first-order chi connectivity index (χ1) is 7.79. The Labute approximate surface area is 94.5 Å². The minimum atomic E-state index is -0.243. The maximum atomic E-state index is 12.0. The third-order valence-electron chi connectivity index (χ3n) is 3.98. The molecule has 0 amide bonds. The van der Waals surface area contributed by atoms with Gasteiger partial charge in [0, 0.05) is 24.5 Å². The highest BCUT2D eigenvalue weighted by Gasteiger charge is 2.49. The lowest BCUT2D eigenvalue weighted by atomic mass is 9.69. The van der Waals surface area contributed by atoms with Crippen LogP contribution < -0.4 is 10.6 Å². The highest BCUT2D eigenvalue weighted by atomic mass is 16.2. The third kappa shape index (κ3) is 1.37. The van der Waals surface area contributed by atoms with E-state index in [1.165, 1.54) is 0 Å². The smallest absolute Gasteiger partial charge is 0.207 e. The van der Waals surface area contributed by atoms with Crippen LogP contribution in [0.15, 0.2) is 12.2 Å². The Hall–Kier alpha value is -1.00. The van der Waals surface area contributed by atoms with Gasteiger partial charge in [0.1, 0.15) is 0 Å². The van der Waals surface area contributed by atoms with Gasteiger partial charge in [-0.15, -0.1) is 0 Å². The molecule has 0 aromatic heterocycles. The van der Waals surface area contributed by atoms with E-state index in [1.807, 2.05) is 12.2 Å². The van der Waals surface area contributed by atoms with Crippen molar-refractivity contribution in [3.63, 3.8) is 0 Å². The molecule has 0 radical (unpaired) electrons. The van der Waals surface area contributed by atoms with Crippen molar-refractivity contribution >= 4 is 11.6 Å². The number of piperidine rings is 1. The van der Waals surface area contributed by atoms with E-state index in [0.29, 0.717) is 0 Å². The first kappa shape index (κ1) is 10.2. The van der Waals surface area contributed by atoms with Crippen molar-refractivity contribution in [3.8, 4) is 0 Å². The van der Waals surface area contributed by atoms with Crippen molar-refractivity contribution in [2.24, 2.45) is 11.8 Å². The zero-order valence-corrected chi connectivity index (χ0v) is 9.11. The number of hydrogen-bond donors (Lipinski definition) is 2. The van der Waals surface area contributed by atoms with Crippen LogP contribution in [0.5, 0.6) is 0 Å². The molecule has 1 saturated heterocycles. The Morgan fingerprint density at radius 3 is 2.88 bits per heavy atom. The van der Waals surface area contributed by atoms with E-state index in [9.17, 15) is 9.59 Å². The average Bonchev–Trinajstić information content (AvgIpc) is 2.36. The Morgan fingerprint density at radius 1 is 1.12 bits per heavy atom. The van der Waals surface area contributed by atoms with Crippen molar-refractivity contribution in [1.82, 2.24) is 10.6 Å². The Bertz CT molecular complexity index is 364. The molecule has 2 fully saturated rings. The van der Waals surface area contributed by atoms with Crippen molar-refractivity contribution < 1.29 is 9.59 Å². The lowest BCUT2D eigenvalue weighted by Gasteiger charge is -2.44. The second-order valence-electron chi connectivity index (χ2n) is 4.85. The number of rotatable bonds is 0. The fraction of sp³-hybridized carbons (Fsp3) is 0.667. The van der Waals surface area contributed by atoms with Crippen LogP contribution >= 0.6 is 0 Å². The fourth-order valence-corrected chi connectivity index (χ4v) is 3.20. The number of fused-ring (bicyclic) bond motifs is 3. The molecule has 1 aliphatic carbocycles. The topological polar surface area (TPSA) is 58.2 Å². The van der Waals surface area contributed by atoms with Crippen molar-refractivity contribution in [2.75, 3.05) is 13.1 Å². The van der Waals surface area contributed by atoms with E-state index in [1.54, 1.807) is 0 Å². The van der Waals surface area contributed by atoms with E-state index >= 15 is 0 Å². The summed E-state index contributed by atoms with van der Waals surface area (Å²) in [5, 5.41) is 6.75. The van der Waals surface area contributed by atoms with Crippen molar-refractivity contribution in [2.45, 2.75) is 24.9 Å². The highest BCUT2D eigenvalue weighted by Crippen LogP contribution is 2.31. The van der Waals surface area contributed by atoms with Crippen LogP contribution in [0.25, 0.3) is 0 Å². The minimum absolute atomic E-state index is 0.0958. The van der Waals surface area contributed by atoms with Gasteiger partial charge in [0.05, 0.1) is 5.92 Å². The van der Waals surface area contributed by atoms with E-state index in [0.717, 1.165) is 25.9 Å². The lowest BCUT2D eigenvalue weighted by molar-refractivity contribution is -0.145. The molecule has 3 aliphatic rings. The molecular formula is C12H16N2O2. The summed E-state index contributed by atoms with van der Waals surface area (Å²) in [6, 6.07) is 0.259. The number of ketones is 2. The summed E-state index contributed by atoms with van der Waals surface area (Å²) >= 11 is 0. The van der Waals surface area contributed by atoms with Crippen LogP contribution in [-0.2, 0) is 9.59 Å². The largest absolute Gasteiger partial charge is 0.312 e. The highest BCUT2D eigenvalue weighted by molar-refractivity contribution is 6.40. The van der Waals surface area contributed by atoms with Crippen LogP contribution in [0.2, 0.25) is 0 Å². The molecule has 2 aliphatic heterocycles. The maximum absolute atomic E-state index is 12.0. The Morgan fingerprint density at radius 2 is 2.00 bits per heavy atom. The van der Waals surface area contributed by atoms with Gasteiger partial charge in [-0.05, 0) is 19.4 Å². The molecule has 4 atom stereocenters. The summed E-state index contributed by atoms with van der Waals surface area (Å²) in [4.78, 5) is 23.9. The number of nitrogens with one attached hydrogen (secondary N) is 2. The maximum Gasteiger partial charge on any atom is 0.207 e. The molecule has 0 aromatic rings. The lowest BCUT2D eigenvalue weighted by Crippen LogP contribution is -2.66. The number of carbonyl (C=O) groups is 2. The third-order valence-corrected chi connectivity index (χ3v) is 3.98. The molecule has 4 unspecified atom stereocenters. The van der Waals surface area contributed by atoms with Crippen LogP contribution in [0.1, 0.15) is 12.8 Å². The van der Waals surface area contributed by atoms with Crippen LogP contribution in [0, 0.1) is 11.8 Å². The van der Waals surface area contributed by atoms with Crippen molar-refractivity contribution in [1.29, 1.82) is 0 Å². The van der Waals surface area contributed by atoms with E-state index < -0.39 is 0 Å². The average molecular weight is 220 g/mol. The van der Waals surface area contributed by atoms with Gasteiger partial charge in [0.2, 0.25) is 11.6 Å². The molecule has 2 heterocycles. The van der Waals surface area contributed by atoms with Gasteiger partial charge in [-0.1, -0.05) is 12.2 Å². The van der Waals surface area contributed by atoms with Gasteiger partial charge >= 0.3 is 0 Å². The van der Waals surface area contributed by atoms with Crippen LogP contribution in [0.3, 0.4) is 0 Å². The summed E-state index contributed by atoms with van der Waals surface area (Å²) in [5.41, 5.74) is 0. The van der Waals surface area contributed by atoms with Gasteiger partial charge in [-0.25, -0.2) is 0 Å². The van der Waals surface area contributed by atoms with Gasteiger partial charge in [0.15, 0.2) is 0 Å². The zero-order valence-electron chi connectivity index (χ0n) is 9.11. The second-order valence-corrected chi connectivity index (χ2v) is 4.85. The zero-order chi connectivity index (χ0) is 11.1. The van der Waals surface area contributed by atoms with Crippen LogP contribution in [0.4, 0.5) is 0 Å². The molecule has 16 heavy (non-hydrogen) atoms. The molecule has 0 bridgehead atoms. The number of carbonyl (C=O) groups excluding carboxylic acids is 2. The number of Topliss-reactive ketones (excluding diaryl/α,β-unsaturated/α-hetero) is 2. The molecule has 0 aromatic carbocycles. The molecular weight excluding hydrogens is 204 g/mol. The Kier molecular flexibility index (Phi) is 2.41. The van der Waals surface area contributed by atoms with Gasteiger partial charge in [0.25, 0.3) is 0 Å². The molecule has 4 nitrogen and oxygen atoms in total. The summed E-state index contributed by atoms with van der Waals surface area (Å²) in [7, 11) is 0. The molecule has 3 rings (SSSR count). The van der Waals surface area contributed by atoms with E-state index in [-0.39, 0.29) is 35.5 Å². The first-order valence-electron chi connectivity index (χ1n) is 6.00.